The molecule has 2 aromatic carbocycles. The largest absolute Gasteiger partial charge is 0.495 e. The number of anilines is 1. The molecule has 0 unspecified atom stereocenters. The summed E-state index contributed by atoms with van der Waals surface area (Å²) in [5.74, 6) is 1.69. The zero-order valence-electron chi connectivity index (χ0n) is 17.7. The molecule has 9 nitrogen and oxygen atoms in total. The van der Waals surface area contributed by atoms with Crippen molar-refractivity contribution in [3.63, 3.8) is 0 Å². The van der Waals surface area contributed by atoms with Crippen LogP contribution in [0.15, 0.2) is 41.4 Å². The molecule has 0 radical (unpaired) electrons. The van der Waals surface area contributed by atoms with Gasteiger partial charge in [-0.3, -0.25) is 20.0 Å². The van der Waals surface area contributed by atoms with Gasteiger partial charge in [0.25, 0.3) is 5.91 Å². The van der Waals surface area contributed by atoms with Crippen LogP contribution in [0.2, 0.25) is 5.02 Å². The molecule has 1 saturated heterocycles. The van der Waals surface area contributed by atoms with Gasteiger partial charge in [-0.25, -0.2) is 0 Å². The summed E-state index contributed by atoms with van der Waals surface area (Å²) < 4.78 is 21.5. The molecule has 2 heterocycles. The second kappa shape index (κ2) is 10.5. The summed E-state index contributed by atoms with van der Waals surface area (Å²) in [5.41, 5.74) is 1.02. The zero-order valence-corrected chi connectivity index (χ0v) is 18.5. The predicted octanol–water partition coefficient (Wildman–Crippen LogP) is 2.61. The lowest BCUT2D eigenvalue weighted by Gasteiger charge is -2.25. The van der Waals surface area contributed by atoms with Crippen molar-refractivity contribution in [2.45, 2.75) is 0 Å². The van der Waals surface area contributed by atoms with Crippen molar-refractivity contribution in [3.8, 4) is 17.2 Å². The summed E-state index contributed by atoms with van der Waals surface area (Å²) in [5, 5.41) is 6.51. The molecule has 0 atom stereocenters. The average Bonchev–Trinajstić information content (AvgIpc) is 3.28. The number of hydrogen-bond acceptors (Lipinski definition) is 7. The number of carbonyl (C=O) groups is 1. The number of fused-ring (bicyclic) bond motifs is 1. The van der Waals surface area contributed by atoms with E-state index < -0.39 is 0 Å². The minimum atomic E-state index is -0.332. The van der Waals surface area contributed by atoms with Gasteiger partial charge < -0.3 is 24.3 Å². The van der Waals surface area contributed by atoms with Gasteiger partial charge in [0, 0.05) is 30.2 Å². The molecule has 0 aromatic heterocycles. The molecule has 2 aromatic rings. The van der Waals surface area contributed by atoms with Gasteiger partial charge in [0.15, 0.2) is 11.5 Å². The average molecular weight is 461 g/mol. The van der Waals surface area contributed by atoms with Crippen molar-refractivity contribution in [1.82, 2.24) is 10.2 Å². The van der Waals surface area contributed by atoms with E-state index in [4.69, 9.17) is 30.5 Å². The van der Waals surface area contributed by atoms with E-state index in [9.17, 15) is 4.79 Å². The number of hydrogen-bond donors (Lipinski definition) is 2. The van der Waals surface area contributed by atoms with Gasteiger partial charge in [0.1, 0.15) is 5.75 Å². The lowest BCUT2D eigenvalue weighted by molar-refractivity contribution is 0.0394. The smallest absolute Gasteiger partial charge is 0.258 e. The van der Waals surface area contributed by atoms with Gasteiger partial charge in [0.05, 0.1) is 32.6 Å². The molecule has 4 rings (SSSR count). The second-order valence-electron chi connectivity index (χ2n) is 7.18. The minimum absolute atomic E-state index is 0.144. The highest BCUT2D eigenvalue weighted by atomic mass is 35.5. The number of ether oxygens (including phenoxy) is 4. The highest BCUT2D eigenvalue weighted by Crippen LogP contribution is 2.32. The maximum atomic E-state index is 12.9. The van der Waals surface area contributed by atoms with Crippen molar-refractivity contribution < 1.29 is 23.7 Å². The van der Waals surface area contributed by atoms with Gasteiger partial charge in [0.2, 0.25) is 12.8 Å². The van der Waals surface area contributed by atoms with Gasteiger partial charge in [-0.15, -0.1) is 0 Å². The number of aliphatic imine (C=N–C) groups is 1. The molecular formula is C22H25ClN4O5. The number of guanidine groups is 1. The Hall–Kier alpha value is -3.01. The number of nitrogens with one attached hydrogen (secondary N) is 2. The van der Waals surface area contributed by atoms with E-state index in [-0.39, 0.29) is 12.7 Å². The van der Waals surface area contributed by atoms with Gasteiger partial charge in [-0.2, -0.15) is 0 Å². The lowest BCUT2D eigenvalue weighted by Crippen LogP contribution is -2.39. The molecule has 0 aliphatic carbocycles. The Morgan fingerprint density at radius 3 is 2.78 bits per heavy atom. The third kappa shape index (κ3) is 5.61. The molecule has 170 valence electrons. The first kappa shape index (κ1) is 22.2. The number of nitrogens with zero attached hydrogens (tertiary/aromatic N) is 2. The van der Waals surface area contributed by atoms with E-state index in [1.807, 2.05) is 0 Å². The maximum Gasteiger partial charge on any atom is 0.258 e. The molecule has 2 aliphatic rings. The van der Waals surface area contributed by atoms with Crippen LogP contribution in [-0.2, 0) is 4.74 Å². The fourth-order valence-corrected chi connectivity index (χ4v) is 3.53. The summed E-state index contributed by atoms with van der Waals surface area (Å²) >= 11 is 6.15. The van der Waals surface area contributed by atoms with Crippen LogP contribution in [0.25, 0.3) is 0 Å². The third-order valence-corrected chi connectivity index (χ3v) is 5.31. The van der Waals surface area contributed by atoms with Crippen molar-refractivity contribution in [2.75, 3.05) is 58.6 Å². The van der Waals surface area contributed by atoms with Crippen LogP contribution in [0.4, 0.5) is 5.69 Å². The summed E-state index contributed by atoms with van der Waals surface area (Å²) in [6, 6.07) is 10.2. The summed E-state index contributed by atoms with van der Waals surface area (Å²) in [6.07, 6.45) is 0. The number of methoxy groups -OCH3 is 1. The number of rotatable bonds is 6. The predicted molar refractivity (Wildman–Crippen MR) is 121 cm³/mol. The first-order valence-electron chi connectivity index (χ1n) is 10.3. The Bertz CT molecular complexity index is 994. The van der Waals surface area contributed by atoms with E-state index in [1.165, 1.54) is 0 Å². The molecule has 2 N–H and O–H groups in total. The van der Waals surface area contributed by atoms with Crippen LogP contribution < -0.4 is 24.8 Å². The zero-order chi connectivity index (χ0) is 22.3. The van der Waals surface area contributed by atoms with Crippen molar-refractivity contribution in [1.29, 1.82) is 0 Å². The first-order valence-corrected chi connectivity index (χ1v) is 10.7. The number of halogens is 1. The molecule has 0 spiro atoms. The Morgan fingerprint density at radius 2 is 1.97 bits per heavy atom. The van der Waals surface area contributed by atoms with Crippen LogP contribution in [-0.4, -0.2) is 70.1 Å². The number of morpholine rings is 1. The quantitative estimate of drug-likeness (QED) is 0.505. The standard InChI is InChI=1S/C22H25ClN4O5/c1-29-18-5-3-16(23)13-17(18)25-22(24-6-7-27-8-10-30-11-9-27)26-21(28)15-2-4-19-20(12-15)32-14-31-19/h2-5,12-13H,6-11,14H2,1H3,(H2,24,25,26,28). The second-order valence-corrected chi connectivity index (χ2v) is 7.61. The summed E-state index contributed by atoms with van der Waals surface area (Å²) in [6.45, 7) is 4.55. The van der Waals surface area contributed by atoms with Crippen LogP contribution in [0.3, 0.4) is 0 Å². The monoisotopic (exact) mass is 460 g/mol. The topological polar surface area (TPSA) is 93.7 Å². The Kier molecular flexibility index (Phi) is 7.31. The molecule has 0 bridgehead atoms. The van der Waals surface area contributed by atoms with E-state index in [0.717, 1.165) is 32.8 Å². The maximum absolute atomic E-state index is 12.9. The van der Waals surface area contributed by atoms with Crippen molar-refractivity contribution >= 4 is 29.2 Å². The third-order valence-electron chi connectivity index (χ3n) is 5.07. The molecular weight excluding hydrogens is 436 g/mol. The fourth-order valence-electron chi connectivity index (χ4n) is 3.36. The highest BCUT2D eigenvalue weighted by molar-refractivity contribution is 6.31. The van der Waals surface area contributed by atoms with Crippen molar-refractivity contribution in [2.24, 2.45) is 4.99 Å². The molecule has 32 heavy (non-hydrogen) atoms. The summed E-state index contributed by atoms with van der Waals surface area (Å²) in [4.78, 5) is 19.8. The SMILES string of the molecule is COc1ccc(Cl)cc1NC(=NCCN1CCOCC1)NC(=O)c1ccc2c(c1)OCO2. The van der Waals surface area contributed by atoms with Crippen LogP contribution >= 0.6 is 11.6 Å². The summed E-state index contributed by atoms with van der Waals surface area (Å²) in [7, 11) is 1.56. The van der Waals surface area contributed by atoms with Gasteiger partial charge in [-0.05, 0) is 36.4 Å². The van der Waals surface area contributed by atoms with E-state index in [1.54, 1.807) is 43.5 Å². The Balaban J connectivity index is 1.50. The van der Waals surface area contributed by atoms with Gasteiger partial charge >= 0.3 is 0 Å². The Labute approximate surface area is 191 Å². The van der Waals surface area contributed by atoms with E-state index in [0.29, 0.717) is 46.0 Å². The fraction of sp³-hybridized carbons (Fsp3) is 0.364. The molecule has 1 amide bonds. The lowest BCUT2D eigenvalue weighted by atomic mass is 10.2. The van der Waals surface area contributed by atoms with Crippen LogP contribution in [0.1, 0.15) is 10.4 Å². The van der Waals surface area contributed by atoms with Crippen molar-refractivity contribution in [3.05, 3.63) is 47.0 Å². The number of amides is 1. The Morgan fingerprint density at radius 1 is 1.16 bits per heavy atom. The minimum Gasteiger partial charge on any atom is -0.495 e. The van der Waals surface area contributed by atoms with Crippen LogP contribution in [0, 0.1) is 0 Å². The molecule has 10 heteroatoms. The molecule has 2 aliphatic heterocycles. The molecule has 0 saturated carbocycles. The number of benzene rings is 2. The van der Waals surface area contributed by atoms with E-state index in [2.05, 4.69) is 20.5 Å². The highest BCUT2D eigenvalue weighted by Gasteiger charge is 2.18. The van der Waals surface area contributed by atoms with E-state index >= 15 is 0 Å². The van der Waals surface area contributed by atoms with Gasteiger partial charge in [-0.1, -0.05) is 11.6 Å². The normalized spacial score (nSPS) is 16.0. The van der Waals surface area contributed by atoms with Crippen LogP contribution in [0.5, 0.6) is 17.2 Å². The first-order chi connectivity index (χ1) is 15.6. The number of carbonyl (C=O) groups excluding carboxylic acids is 1. The molecule has 1 fully saturated rings.